The number of alkyl carbamates (subject to hydrolysis) is 1. The summed E-state index contributed by atoms with van der Waals surface area (Å²) >= 11 is 6.64. The molecule has 2 aromatic rings. The number of nitrogens with two attached hydrogens (primary N) is 1. The third-order valence-electron chi connectivity index (χ3n) is 3.04. The summed E-state index contributed by atoms with van der Waals surface area (Å²) in [5, 5.41) is 5.33. The fraction of sp³-hybridized carbons (Fsp3) is 0.176. The summed E-state index contributed by atoms with van der Waals surface area (Å²) in [7, 11) is 1.26. The van der Waals surface area contributed by atoms with Gasteiger partial charge in [0.1, 0.15) is 5.75 Å². The van der Waals surface area contributed by atoms with E-state index in [1.54, 1.807) is 17.8 Å². The number of ether oxygens (including phenoxy) is 2. The van der Waals surface area contributed by atoms with Crippen molar-refractivity contribution in [2.75, 3.05) is 30.5 Å². The Morgan fingerprint density at radius 2 is 2.00 bits per heavy atom. The molecule has 0 fully saturated rings. The minimum atomic E-state index is -0.637. The molecule has 0 aliphatic carbocycles. The second kappa shape index (κ2) is 9.75. The van der Waals surface area contributed by atoms with Crippen molar-refractivity contribution in [2.45, 2.75) is 4.90 Å². The van der Waals surface area contributed by atoms with Crippen LogP contribution in [0.25, 0.3) is 0 Å². The smallest absolute Gasteiger partial charge is 0.413 e. The number of benzene rings is 2. The number of nitrogens with one attached hydrogen (secondary N) is 2. The van der Waals surface area contributed by atoms with Gasteiger partial charge in [0.2, 0.25) is 0 Å². The molecule has 4 N–H and O–H groups in total. The van der Waals surface area contributed by atoms with Crippen LogP contribution in [0.2, 0.25) is 0 Å². The van der Waals surface area contributed by atoms with Gasteiger partial charge in [0.15, 0.2) is 5.11 Å². The van der Waals surface area contributed by atoms with Gasteiger partial charge < -0.3 is 20.5 Å². The maximum atomic E-state index is 11.1. The van der Waals surface area contributed by atoms with E-state index in [4.69, 9.17) is 22.7 Å². The van der Waals surface area contributed by atoms with E-state index >= 15 is 0 Å². The molecule has 0 spiro atoms. The summed E-state index contributed by atoms with van der Waals surface area (Å²) in [4.78, 5) is 12.1. The summed E-state index contributed by atoms with van der Waals surface area (Å²) < 4.78 is 10.1. The zero-order valence-corrected chi connectivity index (χ0v) is 15.3. The number of carbonyl (C=O) groups excluding carboxylic acids is 1. The maximum Gasteiger partial charge on any atom is 0.413 e. The van der Waals surface area contributed by atoms with Gasteiger partial charge in [-0.25, -0.2) is 4.79 Å². The molecule has 2 aromatic carbocycles. The summed E-state index contributed by atoms with van der Waals surface area (Å²) in [5.74, 6) is 1.65. The van der Waals surface area contributed by atoms with Crippen molar-refractivity contribution in [3.8, 4) is 5.75 Å². The molecule has 0 aliphatic heterocycles. The lowest BCUT2D eigenvalue weighted by Gasteiger charge is -2.12. The van der Waals surface area contributed by atoms with Crippen LogP contribution in [0.4, 0.5) is 16.2 Å². The molecule has 6 nitrogen and oxygen atoms in total. The third kappa shape index (κ3) is 6.52. The fourth-order valence-corrected chi connectivity index (χ4v) is 2.85. The summed E-state index contributed by atoms with van der Waals surface area (Å²) in [6.07, 6.45) is -0.637. The number of thioether (sulfide) groups is 1. The van der Waals surface area contributed by atoms with Crippen molar-refractivity contribution >= 4 is 46.6 Å². The Bertz CT molecular complexity index is 726. The minimum absolute atomic E-state index is 0.121. The van der Waals surface area contributed by atoms with Gasteiger partial charge in [0.25, 0.3) is 0 Å². The lowest BCUT2D eigenvalue weighted by molar-refractivity contribution is 0.177. The van der Waals surface area contributed by atoms with E-state index in [1.165, 1.54) is 7.11 Å². The molecule has 0 heterocycles. The van der Waals surface area contributed by atoms with Crippen LogP contribution in [0.5, 0.6) is 5.75 Å². The third-order valence-corrected chi connectivity index (χ3v) is 4.20. The molecule has 2 rings (SSSR count). The van der Waals surface area contributed by atoms with Crippen molar-refractivity contribution in [1.29, 1.82) is 0 Å². The summed E-state index contributed by atoms with van der Waals surface area (Å²) in [6, 6.07) is 15.3. The van der Waals surface area contributed by atoms with Gasteiger partial charge >= 0.3 is 6.09 Å². The molecule has 8 heteroatoms. The van der Waals surface area contributed by atoms with Gasteiger partial charge in [0.05, 0.1) is 25.1 Å². The summed E-state index contributed by atoms with van der Waals surface area (Å²) in [5.41, 5.74) is 7.17. The zero-order valence-electron chi connectivity index (χ0n) is 13.7. The first-order valence-corrected chi connectivity index (χ1v) is 8.84. The number of hydrogen-bond acceptors (Lipinski definition) is 6. The van der Waals surface area contributed by atoms with Gasteiger partial charge in [-0.1, -0.05) is 18.2 Å². The van der Waals surface area contributed by atoms with Gasteiger partial charge in [0, 0.05) is 10.6 Å². The van der Waals surface area contributed by atoms with Crippen LogP contribution in [0.15, 0.2) is 53.4 Å². The van der Waals surface area contributed by atoms with Crippen LogP contribution in [0.3, 0.4) is 0 Å². The first kappa shape index (κ1) is 18.9. The van der Waals surface area contributed by atoms with Gasteiger partial charge in [-0.05, 0) is 42.5 Å². The maximum absolute atomic E-state index is 11.1. The Morgan fingerprint density at radius 3 is 2.68 bits per heavy atom. The zero-order chi connectivity index (χ0) is 18.1. The number of amides is 1. The molecule has 0 bridgehead atoms. The highest BCUT2D eigenvalue weighted by Crippen LogP contribution is 2.26. The minimum Gasteiger partial charge on any atom is -0.493 e. The Labute approximate surface area is 156 Å². The Hall–Kier alpha value is -2.45. The molecule has 0 saturated heterocycles. The van der Waals surface area contributed by atoms with E-state index < -0.39 is 6.09 Å². The fourth-order valence-electron chi connectivity index (χ4n) is 1.88. The van der Waals surface area contributed by atoms with Crippen LogP contribution in [-0.2, 0) is 4.74 Å². The standard InChI is InChI=1S/C17H19N3O3S2/c1-22-17(21)20-16(24)19-15-8-7-13(11-14(15)18)25-10-9-23-12-5-3-2-4-6-12/h2-8,11H,9-10,18H2,1H3,(H2,19,20,21,24). The molecule has 0 atom stereocenters. The Balaban J connectivity index is 1.80. The quantitative estimate of drug-likeness (QED) is 0.307. The van der Waals surface area contributed by atoms with E-state index in [9.17, 15) is 4.79 Å². The topological polar surface area (TPSA) is 85.6 Å². The van der Waals surface area contributed by atoms with E-state index in [2.05, 4.69) is 15.4 Å². The number of methoxy groups -OCH3 is 1. The monoisotopic (exact) mass is 377 g/mol. The first-order valence-electron chi connectivity index (χ1n) is 7.44. The number of carbonyl (C=O) groups is 1. The number of hydrogen-bond donors (Lipinski definition) is 3. The predicted octanol–water partition coefficient (Wildman–Crippen LogP) is 3.49. The van der Waals surface area contributed by atoms with Crippen LogP contribution in [0, 0.1) is 0 Å². The molecule has 0 aromatic heterocycles. The van der Waals surface area contributed by atoms with Gasteiger partial charge in [-0.15, -0.1) is 11.8 Å². The van der Waals surface area contributed by atoms with E-state index in [-0.39, 0.29) is 5.11 Å². The van der Waals surface area contributed by atoms with Crippen LogP contribution < -0.4 is 21.1 Å². The molecular formula is C17H19N3O3S2. The predicted molar refractivity (Wildman–Crippen MR) is 105 cm³/mol. The highest BCUT2D eigenvalue weighted by Gasteiger charge is 2.07. The number of anilines is 2. The Kier molecular flexibility index (Phi) is 7.36. The molecular weight excluding hydrogens is 358 g/mol. The molecule has 0 saturated carbocycles. The second-order valence-corrected chi connectivity index (χ2v) is 6.41. The number of para-hydroxylation sites is 1. The number of thiocarbonyl (C=S) groups is 1. The summed E-state index contributed by atoms with van der Waals surface area (Å²) in [6.45, 7) is 0.599. The van der Waals surface area contributed by atoms with Crippen LogP contribution in [0.1, 0.15) is 0 Å². The van der Waals surface area contributed by atoms with Crippen LogP contribution in [-0.4, -0.2) is 30.7 Å². The second-order valence-electron chi connectivity index (χ2n) is 4.83. The highest BCUT2D eigenvalue weighted by atomic mass is 32.2. The van der Waals surface area contributed by atoms with E-state index in [1.807, 2.05) is 42.5 Å². The molecule has 0 aliphatic rings. The number of rotatable bonds is 6. The van der Waals surface area contributed by atoms with Crippen molar-refractivity contribution < 1.29 is 14.3 Å². The largest absolute Gasteiger partial charge is 0.493 e. The van der Waals surface area contributed by atoms with Crippen molar-refractivity contribution in [3.63, 3.8) is 0 Å². The van der Waals surface area contributed by atoms with E-state index in [0.29, 0.717) is 18.0 Å². The normalized spacial score (nSPS) is 9.96. The SMILES string of the molecule is COC(=O)NC(=S)Nc1ccc(SCCOc2ccccc2)cc1N. The average molecular weight is 377 g/mol. The molecule has 1 amide bonds. The molecule has 25 heavy (non-hydrogen) atoms. The van der Waals surface area contributed by atoms with Gasteiger partial charge in [-0.3, -0.25) is 5.32 Å². The van der Waals surface area contributed by atoms with Crippen molar-refractivity contribution in [3.05, 3.63) is 48.5 Å². The molecule has 0 unspecified atom stereocenters. The van der Waals surface area contributed by atoms with Crippen molar-refractivity contribution in [2.24, 2.45) is 0 Å². The van der Waals surface area contributed by atoms with E-state index in [0.717, 1.165) is 16.4 Å². The van der Waals surface area contributed by atoms with Crippen molar-refractivity contribution in [1.82, 2.24) is 5.32 Å². The molecule has 0 radical (unpaired) electrons. The van der Waals surface area contributed by atoms with Crippen LogP contribution >= 0.6 is 24.0 Å². The van der Waals surface area contributed by atoms with Gasteiger partial charge in [-0.2, -0.15) is 0 Å². The average Bonchev–Trinajstić information content (AvgIpc) is 2.61. The highest BCUT2D eigenvalue weighted by molar-refractivity contribution is 7.99. The molecule has 132 valence electrons. The lowest BCUT2D eigenvalue weighted by Crippen LogP contribution is -2.34. The first-order chi connectivity index (χ1) is 12.1. The number of nitrogen functional groups attached to an aromatic ring is 1. The Morgan fingerprint density at radius 1 is 1.24 bits per heavy atom. The lowest BCUT2D eigenvalue weighted by atomic mass is 10.3.